The van der Waals surface area contributed by atoms with Crippen LogP contribution in [-0.2, 0) is 0 Å². The lowest BCUT2D eigenvalue weighted by atomic mass is 9.97. The Hall–Kier alpha value is -3.27. The van der Waals surface area contributed by atoms with E-state index >= 15 is 0 Å². The number of halogens is 2. The van der Waals surface area contributed by atoms with Gasteiger partial charge in [0.15, 0.2) is 11.4 Å². The average molecular weight is 441 g/mol. The van der Waals surface area contributed by atoms with Crippen LogP contribution in [0, 0.1) is 12.8 Å². The lowest BCUT2D eigenvalue weighted by molar-refractivity contribution is 0.143. The van der Waals surface area contributed by atoms with Crippen LogP contribution in [0.3, 0.4) is 0 Å². The Balaban J connectivity index is 1.33. The van der Waals surface area contributed by atoms with Gasteiger partial charge in [-0.15, -0.1) is 0 Å². The topological polar surface area (TPSA) is 94.9 Å². The van der Waals surface area contributed by atoms with Gasteiger partial charge in [-0.2, -0.15) is 10.1 Å². The Bertz CT molecular complexity index is 1210. The first kappa shape index (κ1) is 20.6. The Kier molecular flexibility index (Phi) is 5.60. The first-order chi connectivity index (χ1) is 15.6. The van der Waals surface area contributed by atoms with Crippen molar-refractivity contribution in [2.45, 2.75) is 26.2 Å². The predicted molar refractivity (Wildman–Crippen MR) is 120 cm³/mol. The van der Waals surface area contributed by atoms with Crippen molar-refractivity contribution in [2.24, 2.45) is 5.92 Å². The van der Waals surface area contributed by atoms with Crippen molar-refractivity contribution in [3.05, 3.63) is 36.2 Å². The molecule has 1 aliphatic heterocycles. The van der Waals surface area contributed by atoms with Crippen LogP contribution in [0.5, 0.6) is 0 Å². The highest BCUT2D eigenvalue weighted by Crippen LogP contribution is 2.31. The minimum absolute atomic E-state index is 0.252. The highest BCUT2D eigenvalue weighted by Gasteiger charge is 2.24. The van der Waals surface area contributed by atoms with Crippen LogP contribution in [-0.4, -0.2) is 52.8 Å². The van der Waals surface area contributed by atoms with E-state index in [4.69, 9.17) is 9.40 Å². The molecule has 1 fully saturated rings. The third-order valence-corrected chi connectivity index (χ3v) is 5.94. The lowest BCUT2D eigenvalue weighted by Crippen LogP contribution is -2.38. The molecule has 5 rings (SSSR count). The van der Waals surface area contributed by atoms with Gasteiger partial charge >= 0.3 is 0 Å². The van der Waals surface area contributed by atoms with Crippen molar-refractivity contribution in [3.8, 4) is 0 Å². The number of nitrogens with zero attached hydrogens (tertiary/aromatic N) is 4. The maximum absolute atomic E-state index is 12.4. The Morgan fingerprint density at radius 3 is 2.88 bits per heavy atom. The minimum Gasteiger partial charge on any atom is -0.459 e. The highest BCUT2D eigenvalue weighted by molar-refractivity contribution is 5.87. The zero-order valence-electron chi connectivity index (χ0n) is 17.7. The van der Waals surface area contributed by atoms with Crippen LogP contribution in [0.25, 0.3) is 22.0 Å². The van der Waals surface area contributed by atoms with E-state index in [1.807, 2.05) is 31.2 Å². The molecule has 1 aliphatic rings. The Morgan fingerprint density at radius 1 is 1.22 bits per heavy atom. The summed E-state index contributed by atoms with van der Waals surface area (Å²) in [6.07, 6.45) is 1.11. The van der Waals surface area contributed by atoms with Crippen molar-refractivity contribution < 1.29 is 13.2 Å². The van der Waals surface area contributed by atoms with Gasteiger partial charge in [0.1, 0.15) is 5.52 Å². The molecule has 4 heterocycles. The van der Waals surface area contributed by atoms with E-state index in [9.17, 15) is 8.78 Å². The number of rotatable bonds is 7. The highest BCUT2D eigenvalue weighted by atomic mass is 19.3. The molecule has 0 amide bonds. The van der Waals surface area contributed by atoms with Crippen LogP contribution in [0.15, 0.2) is 34.9 Å². The second kappa shape index (κ2) is 8.70. The van der Waals surface area contributed by atoms with Crippen molar-refractivity contribution in [3.63, 3.8) is 0 Å². The van der Waals surface area contributed by atoms with Crippen LogP contribution >= 0.6 is 0 Å². The van der Waals surface area contributed by atoms with Gasteiger partial charge in [-0.25, -0.2) is 13.8 Å². The van der Waals surface area contributed by atoms with Gasteiger partial charge in [-0.3, -0.25) is 5.10 Å². The maximum Gasteiger partial charge on any atom is 0.250 e. The molecule has 8 nitrogen and oxygen atoms in total. The number of aromatic amines is 1. The molecule has 0 atom stereocenters. The summed E-state index contributed by atoms with van der Waals surface area (Å²) < 4.78 is 30.4. The summed E-state index contributed by atoms with van der Waals surface area (Å²) in [5, 5.41) is 14.5. The van der Waals surface area contributed by atoms with E-state index in [1.165, 1.54) is 0 Å². The van der Waals surface area contributed by atoms with Crippen molar-refractivity contribution in [1.82, 2.24) is 25.5 Å². The molecule has 0 spiro atoms. The summed E-state index contributed by atoms with van der Waals surface area (Å²) in [5.41, 5.74) is 4.15. The maximum atomic E-state index is 12.4. The smallest absolute Gasteiger partial charge is 0.250 e. The zero-order chi connectivity index (χ0) is 22.1. The van der Waals surface area contributed by atoms with E-state index in [-0.39, 0.29) is 6.54 Å². The number of fused-ring (bicyclic) bond motifs is 2. The molecule has 3 N–H and O–H groups in total. The number of nitrogens with one attached hydrogen (secondary N) is 3. The third kappa shape index (κ3) is 4.22. The second-order valence-corrected chi connectivity index (χ2v) is 8.18. The third-order valence-electron chi connectivity index (χ3n) is 5.94. The van der Waals surface area contributed by atoms with Crippen molar-refractivity contribution in [1.29, 1.82) is 0 Å². The number of aromatic nitrogens is 4. The van der Waals surface area contributed by atoms with Gasteiger partial charge in [-0.05, 0) is 50.4 Å². The average Bonchev–Trinajstić information content (AvgIpc) is 3.40. The Morgan fingerprint density at radius 2 is 2.06 bits per heavy atom. The summed E-state index contributed by atoms with van der Waals surface area (Å²) in [4.78, 5) is 11.5. The van der Waals surface area contributed by atoms with E-state index in [1.54, 1.807) is 6.26 Å². The molecular formula is C22H25F2N7O. The summed E-state index contributed by atoms with van der Waals surface area (Å²) in [6, 6.07) is 7.80. The number of alkyl halides is 2. The fourth-order valence-electron chi connectivity index (χ4n) is 4.23. The number of furan rings is 1. The minimum atomic E-state index is -2.31. The monoisotopic (exact) mass is 441 g/mol. The molecule has 32 heavy (non-hydrogen) atoms. The van der Waals surface area contributed by atoms with Gasteiger partial charge in [0, 0.05) is 30.2 Å². The van der Waals surface area contributed by atoms with E-state index < -0.39 is 6.43 Å². The summed E-state index contributed by atoms with van der Waals surface area (Å²) >= 11 is 0. The predicted octanol–water partition coefficient (Wildman–Crippen LogP) is 4.22. The normalized spacial score (nSPS) is 15.3. The first-order valence-electron chi connectivity index (χ1n) is 10.8. The SMILES string of the molecule is Cc1n[nH]c2cc(Nc3nc(N4CCC(CNCC(F)F)CC4)c4occc4n3)ccc12. The van der Waals surface area contributed by atoms with Crippen LogP contribution in [0.1, 0.15) is 18.5 Å². The molecule has 3 aromatic heterocycles. The fourth-order valence-corrected chi connectivity index (χ4v) is 4.23. The standard InChI is InChI=1S/C22H25F2N7O/c1-13-16-3-2-15(10-18(16)30-29-13)26-22-27-17-6-9-32-20(17)21(28-22)31-7-4-14(5-8-31)11-25-12-19(23)24/h2-3,6,9-10,14,19,25H,4-5,7-8,11-12H2,1H3,(H,29,30)(H,26,27,28). The van der Waals surface area contributed by atoms with E-state index in [2.05, 4.69) is 30.7 Å². The first-order valence-corrected chi connectivity index (χ1v) is 10.8. The largest absolute Gasteiger partial charge is 0.459 e. The molecule has 0 radical (unpaired) electrons. The number of piperidine rings is 1. The number of benzene rings is 1. The second-order valence-electron chi connectivity index (χ2n) is 8.18. The molecule has 1 saturated heterocycles. The van der Waals surface area contributed by atoms with Crippen molar-refractivity contribution in [2.75, 3.05) is 36.4 Å². The van der Waals surface area contributed by atoms with Crippen molar-refractivity contribution >= 4 is 39.5 Å². The van der Waals surface area contributed by atoms with Gasteiger partial charge in [-0.1, -0.05) is 0 Å². The lowest BCUT2D eigenvalue weighted by Gasteiger charge is -2.33. The van der Waals surface area contributed by atoms with Crippen LogP contribution < -0.4 is 15.5 Å². The molecule has 0 saturated carbocycles. The van der Waals surface area contributed by atoms with Crippen LogP contribution in [0.2, 0.25) is 0 Å². The molecule has 0 bridgehead atoms. The van der Waals surface area contributed by atoms with E-state index in [0.29, 0.717) is 24.0 Å². The van der Waals surface area contributed by atoms with Crippen LogP contribution in [0.4, 0.5) is 26.2 Å². The number of anilines is 3. The summed E-state index contributed by atoms with van der Waals surface area (Å²) in [6.45, 7) is 3.89. The number of hydrogen-bond donors (Lipinski definition) is 3. The van der Waals surface area contributed by atoms with Gasteiger partial charge < -0.3 is 20.0 Å². The quantitative estimate of drug-likeness (QED) is 0.395. The molecule has 0 unspecified atom stereocenters. The molecule has 0 aliphatic carbocycles. The Labute approximate surface area is 183 Å². The molecule has 4 aromatic rings. The molecule has 1 aromatic carbocycles. The zero-order valence-corrected chi connectivity index (χ0v) is 17.7. The van der Waals surface area contributed by atoms with Gasteiger partial charge in [0.25, 0.3) is 6.43 Å². The molecule has 10 heteroatoms. The fraction of sp³-hybridized carbons (Fsp3) is 0.409. The van der Waals surface area contributed by atoms with Gasteiger partial charge in [0.2, 0.25) is 5.95 Å². The number of aryl methyl sites for hydroxylation is 1. The van der Waals surface area contributed by atoms with E-state index in [0.717, 1.165) is 59.5 Å². The number of hydrogen-bond acceptors (Lipinski definition) is 7. The van der Waals surface area contributed by atoms with Gasteiger partial charge in [0.05, 0.1) is 24.0 Å². The summed E-state index contributed by atoms with van der Waals surface area (Å²) in [5.74, 6) is 1.62. The molecular weight excluding hydrogens is 416 g/mol. The molecule has 168 valence electrons. The number of H-pyrrole nitrogens is 1. The summed E-state index contributed by atoms with van der Waals surface area (Å²) in [7, 11) is 0.